The van der Waals surface area contributed by atoms with Crippen LogP contribution in [0.5, 0.6) is 5.75 Å². The van der Waals surface area contributed by atoms with E-state index in [0.29, 0.717) is 30.8 Å². The van der Waals surface area contributed by atoms with E-state index in [1.165, 1.54) is 4.57 Å². The van der Waals surface area contributed by atoms with Gasteiger partial charge in [0.15, 0.2) is 0 Å². The van der Waals surface area contributed by atoms with Gasteiger partial charge in [-0.2, -0.15) is 18.2 Å². The predicted octanol–water partition coefficient (Wildman–Crippen LogP) is 4.08. The van der Waals surface area contributed by atoms with Crippen molar-refractivity contribution in [1.29, 1.82) is 0 Å². The standard InChI is InChI=1S/C20H20F3N3O3/c1-12-10-15(17-24-19(29-25-17)20(21,22)23)11-13(2)16(12)28-9-5-7-14-6-4-8-26(3)18(14)27/h4,6,8,10-11H,5,7,9H2,1-3H3. The van der Waals surface area contributed by atoms with Gasteiger partial charge in [0.1, 0.15) is 5.75 Å². The number of alkyl halides is 3. The second-order valence-electron chi connectivity index (χ2n) is 6.76. The van der Waals surface area contributed by atoms with Crippen LogP contribution in [0.25, 0.3) is 11.4 Å². The van der Waals surface area contributed by atoms with Gasteiger partial charge in [0.05, 0.1) is 6.61 Å². The van der Waals surface area contributed by atoms with E-state index in [-0.39, 0.29) is 11.4 Å². The molecule has 3 rings (SSSR count). The number of pyridine rings is 1. The highest BCUT2D eigenvalue weighted by Crippen LogP contribution is 2.32. The van der Waals surface area contributed by atoms with Crippen molar-refractivity contribution in [2.24, 2.45) is 7.05 Å². The number of hydrogen-bond donors (Lipinski definition) is 0. The molecule has 0 fully saturated rings. The fourth-order valence-electron chi connectivity index (χ4n) is 3.04. The Bertz CT molecular complexity index is 1050. The largest absolute Gasteiger partial charge is 0.493 e. The number of rotatable bonds is 6. The number of aryl methyl sites for hydroxylation is 4. The average Bonchev–Trinajstić information content (AvgIpc) is 3.14. The number of aromatic nitrogens is 3. The van der Waals surface area contributed by atoms with Crippen molar-refractivity contribution in [3.8, 4) is 17.1 Å². The van der Waals surface area contributed by atoms with Gasteiger partial charge in [-0.25, -0.2) is 0 Å². The molecular formula is C20H20F3N3O3. The van der Waals surface area contributed by atoms with Gasteiger partial charge in [-0.1, -0.05) is 11.2 Å². The second-order valence-corrected chi connectivity index (χ2v) is 6.76. The van der Waals surface area contributed by atoms with Gasteiger partial charge < -0.3 is 13.8 Å². The summed E-state index contributed by atoms with van der Waals surface area (Å²) >= 11 is 0. The van der Waals surface area contributed by atoms with E-state index in [0.717, 1.165) is 16.7 Å². The Kier molecular flexibility index (Phi) is 5.76. The Morgan fingerprint density at radius 2 is 1.90 bits per heavy atom. The third kappa shape index (κ3) is 4.67. The molecule has 0 atom stereocenters. The normalized spacial score (nSPS) is 11.7. The summed E-state index contributed by atoms with van der Waals surface area (Å²) in [5, 5.41) is 3.41. The predicted molar refractivity (Wildman–Crippen MR) is 99.7 cm³/mol. The third-order valence-corrected chi connectivity index (χ3v) is 4.43. The molecule has 0 aliphatic rings. The van der Waals surface area contributed by atoms with Gasteiger partial charge in [-0.3, -0.25) is 4.79 Å². The topological polar surface area (TPSA) is 70.2 Å². The summed E-state index contributed by atoms with van der Waals surface area (Å²) in [4.78, 5) is 15.4. The first-order chi connectivity index (χ1) is 13.7. The first-order valence-corrected chi connectivity index (χ1v) is 8.96. The number of hydrogen-bond acceptors (Lipinski definition) is 5. The van der Waals surface area contributed by atoms with Crippen molar-refractivity contribution < 1.29 is 22.4 Å². The number of benzene rings is 1. The van der Waals surface area contributed by atoms with Gasteiger partial charge in [0.2, 0.25) is 5.82 Å². The highest BCUT2D eigenvalue weighted by Gasteiger charge is 2.38. The van der Waals surface area contributed by atoms with Gasteiger partial charge >= 0.3 is 12.1 Å². The zero-order valence-electron chi connectivity index (χ0n) is 16.2. The molecular weight excluding hydrogens is 387 g/mol. The SMILES string of the molecule is Cc1cc(-c2noc(C(F)(F)F)n2)cc(C)c1OCCCc1cccn(C)c1=O. The van der Waals surface area contributed by atoms with E-state index in [1.54, 1.807) is 45.3 Å². The van der Waals surface area contributed by atoms with Gasteiger partial charge in [0.25, 0.3) is 5.56 Å². The Labute approximate surface area is 164 Å². The lowest BCUT2D eigenvalue weighted by molar-refractivity contribution is -0.159. The first-order valence-electron chi connectivity index (χ1n) is 8.96. The zero-order valence-corrected chi connectivity index (χ0v) is 16.2. The molecule has 29 heavy (non-hydrogen) atoms. The van der Waals surface area contributed by atoms with E-state index in [4.69, 9.17) is 4.74 Å². The van der Waals surface area contributed by atoms with Crippen LogP contribution in [0.2, 0.25) is 0 Å². The molecule has 2 aromatic heterocycles. The van der Waals surface area contributed by atoms with Crippen LogP contribution in [0, 0.1) is 13.8 Å². The van der Waals surface area contributed by atoms with Crippen molar-refractivity contribution in [1.82, 2.24) is 14.7 Å². The Balaban J connectivity index is 1.67. The van der Waals surface area contributed by atoms with Crippen LogP contribution in [-0.4, -0.2) is 21.3 Å². The van der Waals surface area contributed by atoms with Crippen LogP contribution in [0.3, 0.4) is 0 Å². The maximum atomic E-state index is 12.6. The summed E-state index contributed by atoms with van der Waals surface area (Å²) < 4.78 is 49.6. The minimum atomic E-state index is -4.68. The van der Waals surface area contributed by atoms with Gasteiger partial charge in [-0.05, 0) is 56.0 Å². The molecule has 0 amide bonds. The van der Waals surface area contributed by atoms with Crippen LogP contribution >= 0.6 is 0 Å². The molecule has 6 nitrogen and oxygen atoms in total. The highest BCUT2D eigenvalue weighted by molar-refractivity contribution is 5.61. The fourth-order valence-corrected chi connectivity index (χ4v) is 3.04. The van der Waals surface area contributed by atoms with Crippen LogP contribution in [0.4, 0.5) is 13.2 Å². The lowest BCUT2D eigenvalue weighted by Crippen LogP contribution is -2.20. The smallest absolute Gasteiger partial charge is 0.471 e. The molecule has 0 aliphatic carbocycles. The summed E-state index contributed by atoms with van der Waals surface area (Å²) in [7, 11) is 1.71. The average molecular weight is 407 g/mol. The summed E-state index contributed by atoms with van der Waals surface area (Å²) in [6.07, 6.45) is -1.73. The van der Waals surface area contributed by atoms with Crippen molar-refractivity contribution in [2.45, 2.75) is 32.9 Å². The summed E-state index contributed by atoms with van der Waals surface area (Å²) in [5.74, 6) is -0.862. The van der Waals surface area contributed by atoms with Gasteiger partial charge in [-0.15, -0.1) is 0 Å². The van der Waals surface area contributed by atoms with Crippen LogP contribution < -0.4 is 10.3 Å². The Morgan fingerprint density at radius 1 is 1.21 bits per heavy atom. The quantitative estimate of drug-likeness (QED) is 0.576. The van der Waals surface area contributed by atoms with E-state index in [2.05, 4.69) is 14.7 Å². The van der Waals surface area contributed by atoms with Crippen molar-refractivity contribution in [3.05, 3.63) is 63.4 Å². The van der Waals surface area contributed by atoms with Gasteiger partial charge in [0, 0.05) is 24.4 Å². The molecule has 0 N–H and O–H groups in total. The molecule has 0 bridgehead atoms. The highest BCUT2D eigenvalue weighted by atomic mass is 19.4. The van der Waals surface area contributed by atoms with Crippen molar-refractivity contribution in [2.75, 3.05) is 6.61 Å². The Hall–Kier alpha value is -3.10. The molecule has 3 aromatic rings. The van der Waals surface area contributed by atoms with E-state index >= 15 is 0 Å². The maximum absolute atomic E-state index is 12.6. The Morgan fingerprint density at radius 3 is 2.52 bits per heavy atom. The number of ether oxygens (including phenoxy) is 1. The summed E-state index contributed by atoms with van der Waals surface area (Å²) in [5.41, 5.74) is 2.60. The van der Waals surface area contributed by atoms with E-state index < -0.39 is 12.1 Å². The van der Waals surface area contributed by atoms with Crippen LogP contribution in [0.1, 0.15) is 29.0 Å². The van der Waals surface area contributed by atoms with Crippen LogP contribution in [-0.2, 0) is 19.6 Å². The maximum Gasteiger partial charge on any atom is 0.471 e. The summed E-state index contributed by atoms with van der Waals surface area (Å²) in [6.45, 7) is 3.99. The van der Waals surface area contributed by atoms with E-state index in [9.17, 15) is 18.0 Å². The molecule has 2 heterocycles. The molecule has 0 saturated carbocycles. The second kappa shape index (κ2) is 8.10. The minimum absolute atomic E-state index is 0.0254. The molecule has 0 radical (unpaired) electrons. The minimum Gasteiger partial charge on any atom is -0.493 e. The lowest BCUT2D eigenvalue weighted by Gasteiger charge is -2.13. The lowest BCUT2D eigenvalue weighted by atomic mass is 10.1. The first kappa shape index (κ1) is 20.6. The summed E-state index contributed by atoms with van der Waals surface area (Å²) in [6, 6.07) is 6.93. The molecule has 0 spiro atoms. The molecule has 9 heteroatoms. The number of halogens is 3. The molecule has 1 aromatic carbocycles. The molecule has 154 valence electrons. The van der Waals surface area contributed by atoms with Crippen LogP contribution in [0.15, 0.2) is 39.8 Å². The molecule has 0 aliphatic heterocycles. The van der Waals surface area contributed by atoms with E-state index in [1.807, 2.05) is 6.07 Å². The number of nitrogens with zero attached hydrogens (tertiary/aromatic N) is 3. The monoisotopic (exact) mass is 407 g/mol. The molecule has 0 saturated heterocycles. The molecule has 0 unspecified atom stereocenters. The third-order valence-electron chi connectivity index (χ3n) is 4.43. The fraction of sp³-hybridized carbons (Fsp3) is 0.350. The zero-order chi connectivity index (χ0) is 21.2. The van der Waals surface area contributed by atoms with Crippen molar-refractivity contribution in [3.63, 3.8) is 0 Å². The van der Waals surface area contributed by atoms with Crippen molar-refractivity contribution >= 4 is 0 Å².